The molecule has 0 saturated heterocycles. The molecule has 8 aromatic carbocycles. The van der Waals surface area contributed by atoms with E-state index in [0.29, 0.717) is 0 Å². The zero-order valence-electron chi connectivity index (χ0n) is 29.3. The van der Waals surface area contributed by atoms with Crippen molar-refractivity contribution in [2.75, 3.05) is 4.81 Å². The molecular formula is C49H31BN2S. The third-order valence-corrected chi connectivity index (χ3v) is 13.8. The summed E-state index contributed by atoms with van der Waals surface area (Å²) in [5.74, 6) is 0. The van der Waals surface area contributed by atoms with Crippen molar-refractivity contribution in [3.05, 3.63) is 163 Å². The van der Waals surface area contributed by atoms with Crippen LogP contribution in [0.15, 0.2) is 152 Å². The van der Waals surface area contributed by atoms with Crippen LogP contribution in [0.25, 0.3) is 80.7 Å². The second-order valence-corrected chi connectivity index (χ2v) is 16.7. The number of anilines is 2. The van der Waals surface area contributed by atoms with Crippen LogP contribution in [-0.2, 0) is 5.41 Å². The third kappa shape index (κ3) is 3.38. The topological polar surface area (TPSA) is 8.17 Å². The van der Waals surface area contributed by atoms with Crippen molar-refractivity contribution >= 4 is 93.2 Å². The van der Waals surface area contributed by atoms with Crippen LogP contribution < -0.4 is 15.7 Å². The normalized spacial score (nSPS) is 14.7. The van der Waals surface area contributed by atoms with E-state index in [1.54, 1.807) is 0 Å². The van der Waals surface area contributed by atoms with Crippen molar-refractivity contribution in [1.82, 2.24) is 4.57 Å². The van der Waals surface area contributed by atoms with Crippen LogP contribution >= 0.6 is 11.3 Å². The molecule has 13 rings (SSSR count). The third-order valence-electron chi connectivity index (χ3n) is 12.7. The van der Waals surface area contributed by atoms with Crippen molar-refractivity contribution in [2.24, 2.45) is 0 Å². The fourth-order valence-electron chi connectivity index (χ4n) is 10.6. The van der Waals surface area contributed by atoms with Gasteiger partial charge in [0.15, 0.2) is 0 Å². The second-order valence-electron chi connectivity index (χ2n) is 15.6. The van der Waals surface area contributed by atoms with Gasteiger partial charge in [0, 0.05) is 59.0 Å². The molecule has 0 fully saturated rings. The molecule has 0 spiro atoms. The zero-order valence-corrected chi connectivity index (χ0v) is 30.1. The molecule has 3 aliphatic heterocycles. The highest BCUT2D eigenvalue weighted by molar-refractivity contribution is 7.25. The van der Waals surface area contributed by atoms with Crippen molar-refractivity contribution in [1.29, 1.82) is 0 Å². The van der Waals surface area contributed by atoms with Gasteiger partial charge in [-0.1, -0.05) is 123 Å². The summed E-state index contributed by atoms with van der Waals surface area (Å²) in [5, 5.41) is 8.04. The summed E-state index contributed by atoms with van der Waals surface area (Å²) in [6, 6.07) is 57.4. The van der Waals surface area contributed by atoms with Gasteiger partial charge in [-0.2, -0.15) is 0 Å². The standard InChI is InChI=1S/C49H31BN2S/c1-49(2)38-19-12-20-39-47(38)51-46-37(25-28-13-6-7-16-31(28)44(46)49)43-35(29-23-24-34-33-18-9-11-22-41(33)53-42(34)26-29)27-36-32-17-8-10-21-40(32)52(30-14-4-3-5-15-30)50(39)45(36)48(43)51/h3-27H,1-2H3. The molecule has 3 aliphatic rings. The van der Waals surface area contributed by atoms with E-state index >= 15 is 0 Å². The average molecular weight is 691 g/mol. The van der Waals surface area contributed by atoms with Crippen LogP contribution in [0.1, 0.15) is 25.0 Å². The Balaban J connectivity index is 1.28. The molecule has 0 aliphatic carbocycles. The lowest BCUT2D eigenvalue weighted by atomic mass is 9.43. The first kappa shape index (κ1) is 28.5. The Kier molecular flexibility index (Phi) is 5.19. The molecule has 246 valence electrons. The summed E-state index contributed by atoms with van der Waals surface area (Å²) in [7, 11) is 0. The Bertz CT molecular complexity index is 3280. The molecule has 2 nitrogen and oxygen atoms in total. The maximum absolute atomic E-state index is 2.70. The highest BCUT2D eigenvalue weighted by atomic mass is 32.1. The smallest absolute Gasteiger partial charge is 0.333 e. The van der Waals surface area contributed by atoms with Gasteiger partial charge in [0.25, 0.3) is 0 Å². The van der Waals surface area contributed by atoms with Gasteiger partial charge in [-0.05, 0) is 92.0 Å². The first-order chi connectivity index (χ1) is 26.1. The number of hydrogen-bond donors (Lipinski definition) is 0. The number of hydrogen-bond acceptors (Lipinski definition) is 2. The molecule has 0 bridgehead atoms. The van der Waals surface area contributed by atoms with Crippen LogP contribution in [0, 0.1) is 0 Å². The van der Waals surface area contributed by atoms with Crippen LogP contribution in [0.4, 0.5) is 11.4 Å². The van der Waals surface area contributed by atoms with Gasteiger partial charge in [-0.25, -0.2) is 0 Å². The largest absolute Gasteiger partial charge is 0.376 e. The van der Waals surface area contributed by atoms with E-state index in [4.69, 9.17) is 0 Å². The van der Waals surface area contributed by atoms with E-state index < -0.39 is 0 Å². The number of thiophene rings is 1. The van der Waals surface area contributed by atoms with Crippen LogP contribution in [0.5, 0.6) is 0 Å². The quantitative estimate of drug-likeness (QED) is 0.164. The predicted octanol–water partition coefficient (Wildman–Crippen LogP) is 11.8. The van der Waals surface area contributed by atoms with Gasteiger partial charge in [0.1, 0.15) is 0 Å². The number of benzene rings is 8. The first-order valence-corrected chi connectivity index (χ1v) is 19.5. The molecule has 10 aromatic rings. The number of fused-ring (bicyclic) bond motifs is 9. The maximum Gasteiger partial charge on any atom is 0.333 e. The average Bonchev–Trinajstić information content (AvgIpc) is 3.74. The van der Waals surface area contributed by atoms with Crippen molar-refractivity contribution in [3.8, 4) is 27.9 Å². The number of rotatable bonds is 2. The zero-order chi connectivity index (χ0) is 34.7. The highest BCUT2D eigenvalue weighted by Gasteiger charge is 2.48. The van der Waals surface area contributed by atoms with Gasteiger partial charge in [-0.15, -0.1) is 11.3 Å². The Labute approximate surface area is 311 Å². The summed E-state index contributed by atoms with van der Waals surface area (Å²) in [6.45, 7) is 4.92. The molecule has 0 unspecified atom stereocenters. The molecule has 5 heterocycles. The van der Waals surface area contributed by atoms with Crippen LogP contribution in [0.3, 0.4) is 0 Å². The van der Waals surface area contributed by atoms with Crippen LogP contribution in [0.2, 0.25) is 0 Å². The second kappa shape index (κ2) is 9.66. The van der Waals surface area contributed by atoms with Gasteiger partial charge in [0.2, 0.25) is 0 Å². The number of para-hydroxylation sites is 3. The fourth-order valence-corrected chi connectivity index (χ4v) is 11.7. The Morgan fingerprint density at radius 2 is 1.34 bits per heavy atom. The van der Waals surface area contributed by atoms with Gasteiger partial charge < -0.3 is 9.38 Å². The fraction of sp³-hybridized carbons (Fsp3) is 0.0612. The molecule has 0 amide bonds. The monoisotopic (exact) mass is 690 g/mol. The van der Waals surface area contributed by atoms with Crippen molar-refractivity contribution in [3.63, 3.8) is 0 Å². The molecule has 0 radical (unpaired) electrons. The molecule has 4 heteroatoms. The summed E-state index contributed by atoms with van der Waals surface area (Å²) in [5.41, 5.74) is 17.2. The van der Waals surface area contributed by atoms with Crippen LogP contribution in [-0.4, -0.2) is 11.4 Å². The molecular weight excluding hydrogens is 659 g/mol. The lowest BCUT2D eigenvalue weighted by Gasteiger charge is -2.45. The Hall–Kier alpha value is -6.10. The lowest BCUT2D eigenvalue weighted by molar-refractivity contribution is 0.637. The summed E-state index contributed by atoms with van der Waals surface area (Å²) in [4.78, 5) is 2.62. The first-order valence-electron chi connectivity index (χ1n) is 18.6. The van der Waals surface area contributed by atoms with E-state index in [9.17, 15) is 0 Å². The van der Waals surface area contributed by atoms with E-state index in [0.717, 1.165) is 0 Å². The molecule has 0 atom stereocenters. The van der Waals surface area contributed by atoms with E-state index in [1.807, 2.05) is 11.3 Å². The maximum atomic E-state index is 2.70. The summed E-state index contributed by atoms with van der Waals surface area (Å²) >= 11 is 1.90. The van der Waals surface area contributed by atoms with E-state index in [1.165, 1.54) is 114 Å². The molecule has 2 aromatic heterocycles. The predicted molar refractivity (Wildman–Crippen MR) is 228 cm³/mol. The van der Waals surface area contributed by atoms with Gasteiger partial charge in [0.05, 0.1) is 11.0 Å². The van der Waals surface area contributed by atoms with Gasteiger partial charge in [-0.3, -0.25) is 0 Å². The highest BCUT2D eigenvalue weighted by Crippen LogP contribution is 2.55. The minimum atomic E-state index is -0.213. The number of nitrogens with zero attached hydrogens (tertiary/aromatic N) is 2. The molecule has 0 saturated carbocycles. The minimum Gasteiger partial charge on any atom is -0.376 e. The Morgan fingerprint density at radius 1 is 0.566 bits per heavy atom. The van der Waals surface area contributed by atoms with Crippen molar-refractivity contribution in [2.45, 2.75) is 19.3 Å². The van der Waals surface area contributed by atoms with Crippen molar-refractivity contribution < 1.29 is 0 Å². The summed E-state index contributed by atoms with van der Waals surface area (Å²) in [6.07, 6.45) is 0. The Morgan fingerprint density at radius 3 is 2.25 bits per heavy atom. The minimum absolute atomic E-state index is 0.0162. The van der Waals surface area contributed by atoms with E-state index in [2.05, 4.69) is 175 Å². The van der Waals surface area contributed by atoms with E-state index in [-0.39, 0.29) is 12.3 Å². The summed E-state index contributed by atoms with van der Waals surface area (Å²) < 4.78 is 5.38. The van der Waals surface area contributed by atoms with Gasteiger partial charge >= 0.3 is 6.85 Å². The lowest BCUT2D eigenvalue weighted by Crippen LogP contribution is -2.61. The SMILES string of the molecule is CC1(C)c2cccc3c2-n2c4c1c1ccccc1cc4c1c(-c4ccc5c(c4)sc4ccccc45)cc4c(c12)B3N(c1ccccc1)c1ccccc1-4. The number of aromatic nitrogens is 1. The molecule has 53 heavy (non-hydrogen) atoms. The molecule has 0 N–H and O–H groups in total.